The minimum absolute atomic E-state index is 0.0400. The lowest BCUT2D eigenvalue weighted by Gasteiger charge is -2.16. The maximum absolute atomic E-state index is 12.4. The van der Waals surface area contributed by atoms with E-state index in [4.69, 9.17) is 4.74 Å². The third-order valence-corrected chi connectivity index (χ3v) is 2.91. The van der Waals surface area contributed by atoms with Crippen molar-refractivity contribution in [1.82, 2.24) is 0 Å². The molecule has 0 aliphatic heterocycles. The van der Waals surface area contributed by atoms with Crippen molar-refractivity contribution in [3.05, 3.63) is 59.7 Å². The first-order valence-electron chi connectivity index (χ1n) is 6.56. The minimum atomic E-state index is -2.94. The average molecular weight is 294 g/mol. The lowest BCUT2D eigenvalue weighted by molar-refractivity contribution is -0.0512. The fraction of sp³-hybridized carbons (Fsp3) is 0.250. The molecule has 0 amide bonds. The Kier molecular flexibility index (Phi) is 5.11. The number of halogens is 2. The van der Waals surface area contributed by atoms with Crippen molar-refractivity contribution >= 4 is 0 Å². The van der Waals surface area contributed by atoms with Gasteiger partial charge in [0, 0.05) is 5.56 Å². The smallest absolute Gasteiger partial charge is 0.387 e. The van der Waals surface area contributed by atoms with Crippen LogP contribution < -0.4 is 9.47 Å². The van der Waals surface area contributed by atoms with Gasteiger partial charge in [0.15, 0.2) is 0 Å². The summed E-state index contributed by atoms with van der Waals surface area (Å²) in [5, 5.41) is 10.4. The third kappa shape index (κ3) is 3.92. The molecule has 0 aliphatic rings. The predicted molar refractivity (Wildman–Crippen MR) is 74.7 cm³/mol. The van der Waals surface area contributed by atoms with Crippen molar-refractivity contribution in [2.24, 2.45) is 0 Å². The number of ether oxygens (including phenoxy) is 2. The predicted octanol–water partition coefficient (Wildman–Crippen LogP) is 3.77. The van der Waals surface area contributed by atoms with Gasteiger partial charge in [0.1, 0.15) is 17.6 Å². The molecule has 0 aliphatic carbocycles. The summed E-state index contributed by atoms with van der Waals surface area (Å²) in [6.07, 6.45) is -1.07. The van der Waals surface area contributed by atoms with E-state index in [1.165, 1.54) is 6.07 Å². The van der Waals surface area contributed by atoms with Crippen LogP contribution in [0, 0.1) is 0 Å². The van der Waals surface area contributed by atoms with Gasteiger partial charge in [-0.2, -0.15) is 8.78 Å². The Bertz CT molecular complexity index is 587. The number of benzene rings is 2. The molecule has 1 atom stereocenters. The fourth-order valence-electron chi connectivity index (χ4n) is 2.03. The first-order chi connectivity index (χ1) is 10.1. The molecule has 21 heavy (non-hydrogen) atoms. The van der Waals surface area contributed by atoms with Gasteiger partial charge in [0.25, 0.3) is 0 Å². The summed E-state index contributed by atoms with van der Waals surface area (Å²) in [6.45, 7) is -0.576. The Morgan fingerprint density at radius 3 is 2.57 bits per heavy atom. The van der Waals surface area contributed by atoms with Gasteiger partial charge in [-0.25, -0.2) is 0 Å². The first kappa shape index (κ1) is 15.3. The van der Waals surface area contributed by atoms with Crippen LogP contribution in [0.2, 0.25) is 0 Å². The summed E-state index contributed by atoms with van der Waals surface area (Å²) in [4.78, 5) is 0. The van der Waals surface area contributed by atoms with Crippen molar-refractivity contribution < 1.29 is 23.4 Å². The maximum atomic E-state index is 12.4. The Balaban J connectivity index is 2.31. The van der Waals surface area contributed by atoms with E-state index < -0.39 is 12.7 Å². The number of para-hydroxylation sites is 1. The van der Waals surface area contributed by atoms with Crippen LogP contribution in [0.3, 0.4) is 0 Å². The number of hydrogen-bond donors (Lipinski definition) is 1. The molecule has 5 heteroatoms. The van der Waals surface area contributed by atoms with Crippen LogP contribution in [0.5, 0.6) is 11.5 Å². The second-order valence-corrected chi connectivity index (χ2v) is 4.32. The highest BCUT2D eigenvalue weighted by atomic mass is 19.3. The molecule has 0 spiro atoms. The van der Waals surface area contributed by atoms with E-state index in [0.29, 0.717) is 17.9 Å². The van der Waals surface area contributed by atoms with E-state index >= 15 is 0 Å². The molecule has 0 radical (unpaired) electrons. The lowest BCUT2D eigenvalue weighted by atomic mass is 10.0. The largest absolute Gasteiger partial charge is 0.494 e. The maximum Gasteiger partial charge on any atom is 0.387 e. The van der Waals surface area contributed by atoms with E-state index in [2.05, 4.69) is 4.74 Å². The van der Waals surface area contributed by atoms with Gasteiger partial charge in [-0.15, -0.1) is 0 Å². The summed E-state index contributed by atoms with van der Waals surface area (Å²) >= 11 is 0. The van der Waals surface area contributed by atoms with Crippen molar-refractivity contribution in [2.75, 3.05) is 6.61 Å². The quantitative estimate of drug-likeness (QED) is 0.881. The molecule has 1 N–H and O–H groups in total. The van der Waals surface area contributed by atoms with Gasteiger partial charge in [-0.1, -0.05) is 30.3 Å². The summed E-state index contributed by atoms with van der Waals surface area (Å²) in [6, 6.07) is 13.1. The minimum Gasteiger partial charge on any atom is -0.494 e. The molecule has 3 nitrogen and oxygen atoms in total. The third-order valence-electron chi connectivity index (χ3n) is 2.91. The average Bonchev–Trinajstić information content (AvgIpc) is 2.47. The second-order valence-electron chi connectivity index (χ2n) is 4.32. The molecule has 0 bridgehead atoms. The molecule has 0 saturated carbocycles. The number of aliphatic hydroxyl groups is 1. The second kappa shape index (κ2) is 7.04. The van der Waals surface area contributed by atoms with Crippen LogP contribution in [-0.2, 0) is 0 Å². The highest BCUT2D eigenvalue weighted by Gasteiger charge is 2.18. The van der Waals surface area contributed by atoms with Crippen molar-refractivity contribution in [1.29, 1.82) is 0 Å². The van der Waals surface area contributed by atoms with Crippen LogP contribution >= 0.6 is 0 Å². The van der Waals surface area contributed by atoms with Crippen LogP contribution in [0.25, 0.3) is 0 Å². The van der Waals surface area contributed by atoms with E-state index in [1.807, 2.05) is 6.92 Å². The zero-order valence-corrected chi connectivity index (χ0v) is 11.5. The topological polar surface area (TPSA) is 38.7 Å². The van der Waals surface area contributed by atoms with Crippen molar-refractivity contribution in [3.63, 3.8) is 0 Å². The first-order valence-corrected chi connectivity index (χ1v) is 6.56. The molecule has 0 aromatic heterocycles. The van der Waals surface area contributed by atoms with E-state index in [0.717, 1.165) is 0 Å². The highest BCUT2D eigenvalue weighted by molar-refractivity contribution is 5.42. The summed E-state index contributed by atoms with van der Waals surface area (Å²) in [7, 11) is 0. The van der Waals surface area contributed by atoms with Gasteiger partial charge in [-0.05, 0) is 30.7 Å². The van der Waals surface area contributed by atoms with Crippen molar-refractivity contribution in [2.45, 2.75) is 19.6 Å². The van der Waals surface area contributed by atoms with Crippen LogP contribution in [0.4, 0.5) is 8.78 Å². The molecule has 0 heterocycles. The van der Waals surface area contributed by atoms with Gasteiger partial charge >= 0.3 is 6.61 Å². The normalized spacial score (nSPS) is 12.2. The zero-order chi connectivity index (χ0) is 15.2. The molecule has 2 aromatic rings. The van der Waals surface area contributed by atoms with E-state index in [-0.39, 0.29) is 11.3 Å². The summed E-state index contributed by atoms with van der Waals surface area (Å²) in [5.74, 6) is 0.572. The zero-order valence-electron chi connectivity index (χ0n) is 11.5. The lowest BCUT2D eigenvalue weighted by Crippen LogP contribution is -2.08. The van der Waals surface area contributed by atoms with Gasteiger partial charge in [0.05, 0.1) is 6.61 Å². The number of hydrogen-bond acceptors (Lipinski definition) is 3. The van der Waals surface area contributed by atoms with E-state index in [9.17, 15) is 13.9 Å². The Morgan fingerprint density at radius 2 is 1.86 bits per heavy atom. The number of aliphatic hydroxyl groups excluding tert-OH is 1. The monoisotopic (exact) mass is 294 g/mol. The molecule has 2 aromatic carbocycles. The van der Waals surface area contributed by atoms with Crippen LogP contribution in [-0.4, -0.2) is 18.3 Å². The molecule has 1 unspecified atom stereocenters. The number of alkyl halides is 2. The van der Waals surface area contributed by atoms with Crippen LogP contribution in [0.15, 0.2) is 48.5 Å². The molecule has 0 saturated heterocycles. The Hall–Kier alpha value is -2.14. The molecule has 2 rings (SSSR count). The standard InChI is InChI=1S/C16H16F2O3/c1-2-20-12-7-5-6-11(10-12)15(19)13-8-3-4-9-14(13)21-16(17)18/h3-10,15-16,19H,2H2,1H3. The molecule has 112 valence electrons. The van der Waals surface area contributed by atoms with E-state index in [1.54, 1.807) is 42.5 Å². The fourth-order valence-corrected chi connectivity index (χ4v) is 2.03. The Morgan fingerprint density at radius 1 is 1.10 bits per heavy atom. The van der Waals surface area contributed by atoms with Gasteiger partial charge in [0.2, 0.25) is 0 Å². The van der Waals surface area contributed by atoms with Gasteiger partial charge in [-0.3, -0.25) is 0 Å². The van der Waals surface area contributed by atoms with Gasteiger partial charge < -0.3 is 14.6 Å². The summed E-state index contributed by atoms with van der Waals surface area (Å²) < 4.78 is 34.6. The summed E-state index contributed by atoms with van der Waals surface area (Å²) in [5.41, 5.74) is 0.831. The number of rotatable bonds is 6. The molecular weight excluding hydrogens is 278 g/mol. The molecular formula is C16H16F2O3. The SMILES string of the molecule is CCOc1cccc(C(O)c2ccccc2OC(F)F)c1. The van der Waals surface area contributed by atoms with Crippen molar-refractivity contribution in [3.8, 4) is 11.5 Å². The molecule has 0 fully saturated rings. The van der Waals surface area contributed by atoms with Crippen LogP contribution in [0.1, 0.15) is 24.2 Å². The Labute approximate surface area is 121 Å². The highest BCUT2D eigenvalue weighted by Crippen LogP contribution is 2.32.